The van der Waals surface area contributed by atoms with Crippen molar-refractivity contribution >= 4 is 22.7 Å². The number of azo groups is 2. The van der Waals surface area contributed by atoms with E-state index in [4.69, 9.17) is 5.11 Å². The van der Waals surface area contributed by atoms with E-state index in [2.05, 4.69) is 20.5 Å². The lowest BCUT2D eigenvalue weighted by Crippen LogP contribution is -1.80. The zero-order valence-electron chi connectivity index (χ0n) is 20.9. The predicted molar refractivity (Wildman–Crippen MR) is 150 cm³/mol. The lowest BCUT2D eigenvalue weighted by atomic mass is 10.0. The number of aromatic hydroxyl groups is 6. The summed E-state index contributed by atoms with van der Waals surface area (Å²) in [5, 5.41) is 73.6. The van der Waals surface area contributed by atoms with Crippen molar-refractivity contribution < 1.29 is 30.6 Å². The summed E-state index contributed by atoms with van der Waals surface area (Å²) in [6.45, 7) is 0. The maximum atomic E-state index is 10.4. The van der Waals surface area contributed by atoms with Crippen LogP contribution in [0.1, 0.15) is 0 Å². The smallest absolute Gasteiger partial charge is 0.170 e. The minimum atomic E-state index is -0.272. The lowest BCUT2D eigenvalue weighted by molar-refractivity contribution is 0.449. The van der Waals surface area contributed by atoms with Crippen LogP contribution in [0.5, 0.6) is 34.5 Å². The molecule has 0 bridgehead atoms. The van der Waals surface area contributed by atoms with Gasteiger partial charge in [0.25, 0.3) is 0 Å². The van der Waals surface area contributed by atoms with Gasteiger partial charge in [-0.15, -0.1) is 15.3 Å². The predicted octanol–water partition coefficient (Wildman–Crippen LogP) is 8.10. The van der Waals surface area contributed by atoms with Crippen LogP contribution in [0, 0.1) is 0 Å². The molecule has 40 heavy (non-hydrogen) atoms. The standard InChI is InChI=1S/C18H14N2O4.C12H10N2O2/c21-13-7-4-8-14(22)16(13)19-20-17-15(23)10-9-12(18(17)24)11-5-2-1-3-6-11;15-10-6-7-11(12(16)8-10)14-13-9-4-2-1-3-5-9/h1-10,21-24H;1-8,15-16H. The van der Waals surface area contributed by atoms with Gasteiger partial charge in [-0.05, 0) is 54.1 Å². The van der Waals surface area contributed by atoms with E-state index in [0.717, 1.165) is 5.56 Å². The molecule has 0 atom stereocenters. The van der Waals surface area contributed by atoms with E-state index in [1.165, 1.54) is 42.5 Å². The second kappa shape index (κ2) is 12.6. The molecule has 0 fully saturated rings. The van der Waals surface area contributed by atoms with Gasteiger partial charge in [0.1, 0.15) is 34.4 Å². The summed E-state index contributed by atoms with van der Waals surface area (Å²) in [4.78, 5) is 0. The highest BCUT2D eigenvalue weighted by Crippen LogP contribution is 2.45. The van der Waals surface area contributed by atoms with Gasteiger partial charge in [0.2, 0.25) is 0 Å². The SMILES string of the molecule is Oc1ccc(N=Nc2ccccc2)c(O)c1.Oc1cccc(O)c1N=Nc1c(O)ccc(-c2ccccc2)c1O. The van der Waals surface area contributed by atoms with E-state index in [-0.39, 0.29) is 45.9 Å². The van der Waals surface area contributed by atoms with E-state index < -0.39 is 0 Å². The van der Waals surface area contributed by atoms with E-state index in [0.29, 0.717) is 16.9 Å². The van der Waals surface area contributed by atoms with Gasteiger partial charge in [-0.25, -0.2) is 0 Å². The quantitative estimate of drug-likeness (QED) is 0.124. The summed E-state index contributed by atoms with van der Waals surface area (Å²) < 4.78 is 0. The summed E-state index contributed by atoms with van der Waals surface area (Å²) in [6, 6.07) is 29.6. The van der Waals surface area contributed by atoms with Crippen molar-refractivity contribution in [3.8, 4) is 45.6 Å². The molecular weight excluding hydrogens is 512 g/mol. The maximum Gasteiger partial charge on any atom is 0.170 e. The molecule has 5 aromatic rings. The van der Waals surface area contributed by atoms with Crippen molar-refractivity contribution in [1.82, 2.24) is 0 Å². The number of phenols is 6. The molecule has 0 aliphatic carbocycles. The van der Waals surface area contributed by atoms with Gasteiger partial charge in [-0.2, -0.15) is 5.11 Å². The first-order chi connectivity index (χ1) is 19.3. The zero-order chi connectivity index (χ0) is 28.5. The van der Waals surface area contributed by atoms with Gasteiger partial charge in [0.05, 0.1) is 5.69 Å². The van der Waals surface area contributed by atoms with Crippen LogP contribution in [0.25, 0.3) is 11.1 Å². The fourth-order valence-electron chi connectivity index (χ4n) is 3.44. The number of hydrogen-bond donors (Lipinski definition) is 6. The highest BCUT2D eigenvalue weighted by molar-refractivity contribution is 5.79. The van der Waals surface area contributed by atoms with Crippen LogP contribution < -0.4 is 0 Å². The van der Waals surface area contributed by atoms with Crippen LogP contribution in [-0.4, -0.2) is 30.6 Å². The number of nitrogens with zero attached hydrogens (tertiary/aromatic N) is 4. The van der Waals surface area contributed by atoms with Crippen molar-refractivity contribution in [3.05, 3.63) is 109 Å². The fourth-order valence-corrected chi connectivity index (χ4v) is 3.44. The molecule has 10 nitrogen and oxygen atoms in total. The average molecular weight is 537 g/mol. The van der Waals surface area contributed by atoms with Gasteiger partial charge in [-0.3, -0.25) is 0 Å². The minimum Gasteiger partial charge on any atom is -0.508 e. The second-order valence-electron chi connectivity index (χ2n) is 8.25. The van der Waals surface area contributed by atoms with E-state index in [1.54, 1.807) is 18.2 Å². The second-order valence-corrected chi connectivity index (χ2v) is 8.25. The first kappa shape index (κ1) is 27.1. The Bertz CT molecular complexity index is 1640. The van der Waals surface area contributed by atoms with E-state index in [1.807, 2.05) is 48.5 Å². The summed E-state index contributed by atoms with van der Waals surface area (Å²) in [7, 11) is 0. The molecular formula is C30H24N4O6. The molecule has 0 aliphatic heterocycles. The molecule has 5 rings (SSSR count). The molecule has 0 saturated carbocycles. The van der Waals surface area contributed by atoms with Gasteiger partial charge in [0, 0.05) is 11.6 Å². The topological polar surface area (TPSA) is 171 Å². The number of rotatable bonds is 5. The third kappa shape index (κ3) is 6.69. The highest BCUT2D eigenvalue weighted by atomic mass is 16.3. The lowest BCUT2D eigenvalue weighted by Gasteiger charge is -2.08. The van der Waals surface area contributed by atoms with Crippen molar-refractivity contribution in [2.24, 2.45) is 20.5 Å². The highest BCUT2D eigenvalue weighted by Gasteiger charge is 2.14. The van der Waals surface area contributed by atoms with Crippen LogP contribution >= 0.6 is 0 Å². The maximum absolute atomic E-state index is 10.4. The average Bonchev–Trinajstić information content (AvgIpc) is 2.95. The summed E-state index contributed by atoms with van der Waals surface area (Å²) >= 11 is 0. The molecule has 0 radical (unpaired) electrons. The van der Waals surface area contributed by atoms with Gasteiger partial charge >= 0.3 is 0 Å². The Morgan fingerprint density at radius 3 is 1.68 bits per heavy atom. The molecule has 5 aromatic carbocycles. The first-order valence-corrected chi connectivity index (χ1v) is 11.9. The zero-order valence-corrected chi connectivity index (χ0v) is 20.9. The monoisotopic (exact) mass is 536 g/mol. The van der Waals surface area contributed by atoms with E-state index in [9.17, 15) is 25.5 Å². The summed E-state index contributed by atoms with van der Waals surface area (Å²) in [5.41, 5.74) is 1.94. The normalized spacial score (nSPS) is 10.9. The van der Waals surface area contributed by atoms with Crippen LogP contribution in [0.15, 0.2) is 130 Å². The van der Waals surface area contributed by atoms with Crippen LogP contribution in [-0.2, 0) is 0 Å². The Morgan fingerprint density at radius 2 is 1.02 bits per heavy atom. The van der Waals surface area contributed by atoms with Gasteiger partial charge < -0.3 is 30.6 Å². The number of phenolic OH excluding ortho intramolecular Hbond substituents is 6. The van der Waals surface area contributed by atoms with Crippen molar-refractivity contribution in [2.75, 3.05) is 0 Å². The molecule has 0 amide bonds. The van der Waals surface area contributed by atoms with Crippen molar-refractivity contribution in [2.45, 2.75) is 0 Å². The fraction of sp³-hybridized carbons (Fsp3) is 0. The Labute approximate surface area is 228 Å². The van der Waals surface area contributed by atoms with Gasteiger partial charge in [-0.1, -0.05) is 54.6 Å². The van der Waals surface area contributed by atoms with Crippen LogP contribution in [0.4, 0.5) is 22.7 Å². The number of hydrogen-bond acceptors (Lipinski definition) is 10. The Kier molecular flexibility index (Phi) is 8.53. The van der Waals surface area contributed by atoms with Crippen LogP contribution in [0.2, 0.25) is 0 Å². The third-order valence-corrected chi connectivity index (χ3v) is 5.45. The van der Waals surface area contributed by atoms with Crippen molar-refractivity contribution in [3.63, 3.8) is 0 Å². The largest absolute Gasteiger partial charge is 0.508 e. The minimum absolute atomic E-state index is 0.00355. The molecule has 0 unspecified atom stereocenters. The Morgan fingerprint density at radius 1 is 0.425 bits per heavy atom. The molecule has 0 heterocycles. The molecule has 10 heteroatoms. The summed E-state index contributed by atoms with van der Waals surface area (Å²) in [5.74, 6) is -1.16. The van der Waals surface area contributed by atoms with E-state index >= 15 is 0 Å². The Balaban J connectivity index is 0.000000201. The first-order valence-electron chi connectivity index (χ1n) is 11.9. The van der Waals surface area contributed by atoms with Crippen molar-refractivity contribution in [1.29, 1.82) is 0 Å². The molecule has 0 spiro atoms. The third-order valence-electron chi connectivity index (χ3n) is 5.45. The molecule has 0 saturated heterocycles. The Hall–Kier alpha value is -5.90. The van der Waals surface area contributed by atoms with Crippen LogP contribution in [0.3, 0.4) is 0 Å². The molecule has 200 valence electrons. The molecule has 6 N–H and O–H groups in total. The summed E-state index contributed by atoms with van der Waals surface area (Å²) in [6.07, 6.45) is 0. The molecule has 0 aliphatic rings. The molecule has 0 aromatic heterocycles. The number of benzene rings is 5. The van der Waals surface area contributed by atoms with Gasteiger partial charge in [0.15, 0.2) is 17.1 Å².